The Morgan fingerprint density at radius 1 is 1.17 bits per heavy atom. The number of nitrogens with zero attached hydrogens (tertiary/aromatic N) is 2. The Hall–Kier alpha value is -2.90. The first-order valence-electron chi connectivity index (χ1n) is 7.67. The van der Waals surface area contributed by atoms with Crippen molar-refractivity contribution in [2.24, 2.45) is 21.7 Å². The van der Waals surface area contributed by atoms with Gasteiger partial charge in [0.15, 0.2) is 5.84 Å². The number of amidine groups is 1. The summed E-state index contributed by atoms with van der Waals surface area (Å²) in [6, 6.07) is 7.13. The van der Waals surface area contributed by atoms with E-state index in [0.29, 0.717) is 18.5 Å². The summed E-state index contributed by atoms with van der Waals surface area (Å²) in [5.41, 5.74) is 12.4. The fourth-order valence-electron chi connectivity index (χ4n) is 2.00. The quantitative estimate of drug-likeness (QED) is 0.214. The number of rotatable bonds is 10. The molecule has 8 heteroatoms. The normalized spacial score (nSPS) is 11.6. The maximum Gasteiger partial charge on any atom is 0.303 e. The number of aliphatic carboxylic acids is 1. The van der Waals surface area contributed by atoms with Gasteiger partial charge in [-0.15, -0.1) is 10.2 Å². The molecule has 0 atom stereocenters. The predicted octanol–water partition coefficient (Wildman–Crippen LogP) is 0.598. The Morgan fingerprint density at radius 2 is 1.88 bits per heavy atom. The third kappa shape index (κ3) is 7.92. The molecule has 0 spiro atoms. The zero-order valence-corrected chi connectivity index (χ0v) is 13.4. The fraction of sp³-hybridized carbons (Fsp3) is 0.375. The zero-order valence-electron chi connectivity index (χ0n) is 13.4. The summed E-state index contributed by atoms with van der Waals surface area (Å²) in [6.07, 6.45) is 3.67. The number of carbonyl (C=O) groups excluding carboxylic acids is 1. The lowest BCUT2D eigenvalue weighted by molar-refractivity contribution is -0.137. The van der Waals surface area contributed by atoms with Crippen molar-refractivity contribution in [2.45, 2.75) is 32.1 Å². The summed E-state index contributed by atoms with van der Waals surface area (Å²) in [7, 11) is 0. The number of amides is 1. The first-order chi connectivity index (χ1) is 11.5. The topological polar surface area (TPSA) is 143 Å². The van der Waals surface area contributed by atoms with Gasteiger partial charge in [0.1, 0.15) is 6.34 Å². The second kappa shape index (κ2) is 10.8. The molecule has 0 unspecified atom stereocenters. The molecule has 8 nitrogen and oxygen atoms in total. The van der Waals surface area contributed by atoms with Crippen molar-refractivity contribution in [3.8, 4) is 0 Å². The number of carboxylic acid groups (broad SMARTS) is 1. The lowest BCUT2D eigenvalue weighted by atomic mass is 10.1. The molecule has 0 aliphatic heterocycles. The fourth-order valence-corrected chi connectivity index (χ4v) is 2.00. The number of nitrogens with one attached hydrogen (secondary N) is 1. The molecule has 130 valence electrons. The van der Waals surface area contributed by atoms with E-state index < -0.39 is 5.97 Å². The maximum absolute atomic E-state index is 11.8. The highest BCUT2D eigenvalue weighted by molar-refractivity contribution is 5.97. The van der Waals surface area contributed by atoms with Crippen molar-refractivity contribution in [1.82, 2.24) is 5.32 Å². The van der Waals surface area contributed by atoms with Gasteiger partial charge in [0.05, 0.1) is 6.42 Å². The molecular weight excluding hydrogens is 310 g/mol. The molecular formula is C16H23N5O3. The molecule has 1 rings (SSSR count). The summed E-state index contributed by atoms with van der Waals surface area (Å²) < 4.78 is 0. The van der Waals surface area contributed by atoms with E-state index in [1.807, 2.05) is 0 Å². The number of unbranched alkanes of at least 4 members (excludes halogenated alkanes) is 2. The monoisotopic (exact) mass is 333 g/mol. The number of hydrogen-bond donors (Lipinski definition) is 4. The van der Waals surface area contributed by atoms with Gasteiger partial charge >= 0.3 is 5.97 Å². The van der Waals surface area contributed by atoms with E-state index in [-0.39, 0.29) is 24.6 Å². The van der Waals surface area contributed by atoms with Gasteiger partial charge in [0.2, 0.25) is 5.91 Å². The van der Waals surface area contributed by atoms with Crippen LogP contribution in [0.5, 0.6) is 0 Å². The van der Waals surface area contributed by atoms with Crippen LogP contribution in [-0.4, -0.2) is 35.7 Å². The molecule has 6 N–H and O–H groups in total. The van der Waals surface area contributed by atoms with Gasteiger partial charge in [0.25, 0.3) is 0 Å². The SMILES string of the molecule is N/C=N\N=C(/N)c1ccc(CC(=O)NCCCCCC(=O)O)cc1. The summed E-state index contributed by atoms with van der Waals surface area (Å²) in [4.78, 5) is 22.2. The van der Waals surface area contributed by atoms with E-state index in [0.717, 1.165) is 24.7 Å². The van der Waals surface area contributed by atoms with Gasteiger partial charge in [-0.05, 0) is 18.4 Å². The number of carboxylic acids is 1. The Bertz CT molecular complexity index is 596. The van der Waals surface area contributed by atoms with Crippen LogP contribution in [0.15, 0.2) is 34.5 Å². The minimum Gasteiger partial charge on any atom is -0.481 e. The van der Waals surface area contributed by atoms with Crippen molar-refractivity contribution < 1.29 is 14.7 Å². The first kappa shape index (κ1) is 19.1. The summed E-state index contributed by atoms with van der Waals surface area (Å²) in [5.74, 6) is -0.618. The van der Waals surface area contributed by atoms with Gasteiger partial charge in [-0.2, -0.15) is 0 Å². The predicted molar refractivity (Wildman–Crippen MR) is 92.7 cm³/mol. The number of nitrogens with two attached hydrogens (primary N) is 2. The third-order valence-electron chi connectivity index (χ3n) is 3.24. The van der Waals surface area contributed by atoms with Gasteiger partial charge in [-0.25, -0.2) is 0 Å². The van der Waals surface area contributed by atoms with E-state index in [4.69, 9.17) is 16.6 Å². The molecule has 1 aromatic rings. The van der Waals surface area contributed by atoms with Crippen LogP contribution < -0.4 is 16.8 Å². The van der Waals surface area contributed by atoms with E-state index in [2.05, 4.69) is 15.5 Å². The van der Waals surface area contributed by atoms with Gasteiger partial charge in [-0.3, -0.25) is 9.59 Å². The Morgan fingerprint density at radius 3 is 2.50 bits per heavy atom. The molecule has 0 aliphatic rings. The third-order valence-corrected chi connectivity index (χ3v) is 3.24. The molecule has 0 saturated heterocycles. The second-order valence-electron chi connectivity index (χ2n) is 5.18. The molecule has 0 aliphatic carbocycles. The minimum atomic E-state index is -0.789. The van der Waals surface area contributed by atoms with Crippen LogP contribution >= 0.6 is 0 Å². The second-order valence-corrected chi connectivity index (χ2v) is 5.18. The maximum atomic E-state index is 11.8. The van der Waals surface area contributed by atoms with Crippen LogP contribution in [0.25, 0.3) is 0 Å². The van der Waals surface area contributed by atoms with E-state index in [1.54, 1.807) is 24.3 Å². The van der Waals surface area contributed by atoms with Crippen molar-refractivity contribution in [3.05, 3.63) is 35.4 Å². The standard InChI is InChI=1S/C16H23N5O3/c17-11-20-21-16(18)13-7-5-12(6-8-13)10-14(22)19-9-3-1-2-4-15(23)24/h5-8,11H,1-4,9-10H2,(H2,17,20)(H2,18,21)(H,19,22)(H,23,24). The van der Waals surface area contributed by atoms with Crippen molar-refractivity contribution >= 4 is 24.1 Å². The number of hydrogen-bond acceptors (Lipinski definition) is 4. The number of carbonyl (C=O) groups is 2. The molecule has 0 heterocycles. The Labute approximate surface area is 140 Å². The Kier molecular flexibility index (Phi) is 8.59. The highest BCUT2D eigenvalue weighted by Crippen LogP contribution is 2.06. The largest absolute Gasteiger partial charge is 0.481 e. The lowest BCUT2D eigenvalue weighted by Gasteiger charge is -2.06. The van der Waals surface area contributed by atoms with Gasteiger partial charge < -0.3 is 21.9 Å². The summed E-state index contributed by atoms with van der Waals surface area (Å²) >= 11 is 0. The average Bonchev–Trinajstić information content (AvgIpc) is 2.56. The van der Waals surface area contributed by atoms with Gasteiger partial charge in [0, 0.05) is 18.5 Å². The van der Waals surface area contributed by atoms with Crippen molar-refractivity contribution in [1.29, 1.82) is 0 Å². The van der Waals surface area contributed by atoms with Crippen molar-refractivity contribution in [3.63, 3.8) is 0 Å². The van der Waals surface area contributed by atoms with Gasteiger partial charge in [-0.1, -0.05) is 30.7 Å². The average molecular weight is 333 g/mol. The van der Waals surface area contributed by atoms with E-state index in [9.17, 15) is 9.59 Å². The minimum absolute atomic E-state index is 0.0737. The highest BCUT2D eigenvalue weighted by Gasteiger charge is 2.04. The molecule has 0 radical (unpaired) electrons. The summed E-state index contributed by atoms with van der Waals surface area (Å²) in [6.45, 7) is 0.549. The van der Waals surface area contributed by atoms with Crippen LogP contribution in [0.1, 0.15) is 36.8 Å². The highest BCUT2D eigenvalue weighted by atomic mass is 16.4. The van der Waals surface area contributed by atoms with Crippen LogP contribution in [0.3, 0.4) is 0 Å². The van der Waals surface area contributed by atoms with Crippen LogP contribution in [-0.2, 0) is 16.0 Å². The molecule has 0 bridgehead atoms. The summed E-state index contributed by atoms with van der Waals surface area (Å²) in [5, 5.41) is 18.5. The van der Waals surface area contributed by atoms with Crippen LogP contribution in [0.2, 0.25) is 0 Å². The molecule has 0 fully saturated rings. The molecule has 0 aromatic heterocycles. The molecule has 24 heavy (non-hydrogen) atoms. The molecule has 1 amide bonds. The van der Waals surface area contributed by atoms with Crippen molar-refractivity contribution in [2.75, 3.05) is 6.54 Å². The van der Waals surface area contributed by atoms with E-state index >= 15 is 0 Å². The van der Waals surface area contributed by atoms with Crippen LogP contribution in [0.4, 0.5) is 0 Å². The van der Waals surface area contributed by atoms with E-state index in [1.165, 1.54) is 0 Å². The number of benzene rings is 1. The Balaban J connectivity index is 2.33. The zero-order chi connectivity index (χ0) is 17.8. The first-order valence-corrected chi connectivity index (χ1v) is 7.67. The smallest absolute Gasteiger partial charge is 0.303 e. The molecule has 1 aromatic carbocycles. The molecule has 0 saturated carbocycles. The lowest BCUT2D eigenvalue weighted by Crippen LogP contribution is -2.26. The van der Waals surface area contributed by atoms with Crippen LogP contribution in [0, 0.1) is 0 Å².